The largest absolute Gasteiger partial charge is 0.469 e. The molecule has 0 saturated carbocycles. The Morgan fingerprint density at radius 2 is 2.06 bits per heavy atom. The Morgan fingerprint density at radius 1 is 1.21 bits per heavy atom. The van der Waals surface area contributed by atoms with Crippen LogP contribution in [0.5, 0.6) is 0 Å². The van der Waals surface area contributed by atoms with Crippen molar-refractivity contribution in [1.29, 1.82) is 0 Å². The molecule has 7 nitrogen and oxygen atoms in total. The highest BCUT2D eigenvalue weighted by Gasteiger charge is 2.41. The molecule has 33 heavy (non-hydrogen) atoms. The predicted octanol–water partition coefficient (Wildman–Crippen LogP) is 3.87. The molecule has 172 valence electrons. The summed E-state index contributed by atoms with van der Waals surface area (Å²) < 4.78 is 7.13. The molecule has 1 saturated heterocycles. The second-order valence-corrected chi connectivity index (χ2v) is 8.66. The van der Waals surface area contributed by atoms with Gasteiger partial charge in [0.1, 0.15) is 0 Å². The summed E-state index contributed by atoms with van der Waals surface area (Å²) in [5.41, 5.74) is 5.67. The maximum Gasteiger partial charge on any atom is 0.305 e. The van der Waals surface area contributed by atoms with Crippen LogP contribution in [-0.4, -0.2) is 44.2 Å². The Balaban J connectivity index is 1.69. The van der Waals surface area contributed by atoms with Crippen molar-refractivity contribution >= 4 is 23.3 Å². The Labute approximate surface area is 199 Å². The first-order valence-electron chi connectivity index (χ1n) is 11.1. The van der Waals surface area contributed by atoms with Crippen LogP contribution in [0.3, 0.4) is 0 Å². The van der Waals surface area contributed by atoms with Gasteiger partial charge in [-0.15, -0.1) is 0 Å². The maximum absolute atomic E-state index is 11.7. The van der Waals surface area contributed by atoms with E-state index in [9.17, 15) is 4.79 Å². The zero-order chi connectivity index (χ0) is 23.4. The molecule has 0 radical (unpaired) electrons. The summed E-state index contributed by atoms with van der Waals surface area (Å²) >= 11 is 5.75. The number of methoxy groups -OCH3 is 1. The van der Waals surface area contributed by atoms with Crippen molar-refractivity contribution in [2.45, 2.75) is 45.3 Å². The molecule has 1 N–H and O–H groups in total. The Bertz CT molecular complexity index is 1120. The lowest BCUT2D eigenvalue weighted by Crippen LogP contribution is -2.31. The highest BCUT2D eigenvalue weighted by atomic mass is 32.1. The van der Waals surface area contributed by atoms with Crippen molar-refractivity contribution in [2.24, 2.45) is 0 Å². The summed E-state index contributed by atoms with van der Waals surface area (Å²) in [5, 5.41) is 4.16. The molecule has 4 heterocycles. The number of nitrogens with one attached hydrogen (secondary N) is 1. The van der Waals surface area contributed by atoms with Gasteiger partial charge < -0.3 is 19.5 Å². The van der Waals surface area contributed by atoms with E-state index in [2.05, 4.69) is 50.7 Å². The van der Waals surface area contributed by atoms with E-state index in [1.807, 2.05) is 36.7 Å². The summed E-state index contributed by atoms with van der Waals surface area (Å²) in [6.45, 7) is 5.70. The van der Waals surface area contributed by atoms with Gasteiger partial charge in [0.2, 0.25) is 0 Å². The van der Waals surface area contributed by atoms with E-state index < -0.39 is 0 Å². The zero-order valence-electron chi connectivity index (χ0n) is 19.2. The number of esters is 1. The number of nitrogens with zero attached hydrogens (tertiary/aromatic N) is 4. The number of ether oxygens (including phenoxy) is 1. The summed E-state index contributed by atoms with van der Waals surface area (Å²) in [4.78, 5) is 22.7. The molecule has 0 spiro atoms. The van der Waals surface area contributed by atoms with E-state index in [0.29, 0.717) is 24.5 Å². The van der Waals surface area contributed by atoms with Crippen molar-refractivity contribution in [2.75, 3.05) is 13.7 Å². The van der Waals surface area contributed by atoms with Gasteiger partial charge in [-0.1, -0.05) is 12.1 Å². The fourth-order valence-electron chi connectivity index (χ4n) is 4.53. The number of carbonyl (C=O) groups excluding carboxylic acids is 1. The van der Waals surface area contributed by atoms with Crippen molar-refractivity contribution in [3.05, 3.63) is 83.2 Å². The molecule has 1 fully saturated rings. The Hall–Kier alpha value is -3.26. The number of hydrogen-bond donors (Lipinski definition) is 1. The van der Waals surface area contributed by atoms with Crippen molar-refractivity contribution in [3.8, 4) is 0 Å². The van der Waals surface area contributed by atoms with Crippen LogP contribution < -0.4 is 5.32 Å². The van der Waals surface area contributed by atoms with E-state index >= 15 is 0 Å². The van der Waals surface area contributed by atoms with E-state index in [0.717, 1.165) is 17.8 Å². The van der Waals surface area contributed by atoms with Gasteiger partial charge >= 0.3 is 5.97 Å². The lowest BCUT2D eigenvalue weighted by atomic mass is 9.96. The fraction of sp³-hybridized carbons (Fsp3) is 0.360. The molecule has 1 aliphatic heterocycles. The molecular weight excluding hydrogens is 434 g/mol. The molecule has 3 aromatic heterocycles. The van der Waals surface area contributed by atoms with E-state index in [1.54, 1.807) is 6.20 Å². The first-order chi connectivity index (χ1) is 16.0. The minimum Gasteiger partial charge on any atom is -0.469 e. The monoisotopic (exact) mass is 463 g/mol. The molecule has 0 unspecified atom stereocenters. The van der Waals surface area contributed by atoms with Gasteiger partial charge in [0.05, 0.1) is 24.9 Å². The third-order valence-electron chi connectivity index (χ3n) is 6.20. The predicted molar refractivity (Wildman–Crippen MR) is 131 cm³/mol. The zero-order valence-corrected chi connectivity index (χ0v) is 20.0. The molecule has 0 amide bonds. The number of rotatable bonds is 8. The lowest BCUT2D eigenvalue weighted by molar-refractivity contribution is -0.140. The summed E-state index contributed by atoms with van der Waals surface area (Å²) in [6.07, 6.45) is 6.52. The van der Waals surface area contributed by atoms with Crippen molar-refractivity contribution in [1.82, 2.24) is 24.8 Å². The highest BCUT2D eigenvalue weighted by molar-refractivity contribution is 7.80. The smallest absolute Gasteiger partial charge is 0.305 e. The fourth-order valence-corrected chi connectivity index (χ4v) is 4.86. The molecule has 8 heteroatoms. The van der Waals surface area contributed by atoms with Crippen LogP contribution in [0, 0.1) is 13.8 Å². The number of hydrogen-bond acceptors (Lipinski definition) is 5. The topological polar surface area (TPSA) is 72.3 Å². The van der Waals surface area contributed by atoms with Crippen LogP contribution in [0.2, 0.25) is 0 Å². The summed E-state index contributed by atoms with van der Waals surface area (Å²) in [7, 11) is 1.42. The molecule has 4 rings (SSSR count). The first-order valence-corrected chi connectivity index (χ1v) is 11.5. The number of aryl methyl sites for hydroxylation is 1. The van der Waals surface area contributed by atoms with Crippen LogP contribution in [0.1, 0.15) is 53.1 Å². The Morgan fingerprint density at radius 3 is 2.76 bits per heavy atom. The van der Waals surface area contributed by atoms with E-state index in [1.165, 1.54) is 24.1 Å². The molecule has 0 aliphatic carbocycles. The van der Waals surface area contributed by atoms with Crippen LogP contribution >= 0.6 is 12.2 Å². The second kappa shape index (κ2) is 10.1. The number of thiocarbonyl (C=S) groups is 1. The average molecular weight is 464 g/mol. The van der Waals surface area contributed by atoms with Gasteiger partial charge in [-0.2, -0.15) is 0 Å². The molecule has 0 aromatic carbocycles. The van der Waals surface area contributed by atoms with Gasteiger partial charge in [-0.3, -0.25) is 14.8 Å². The normalized spacial score (nSPS) is 17.8. The quantitative estimate of drug-likeness (QED) is 0.402. The molecular formula is C25H29N5O2S. The van der Waals surface area contributed by atoms with Gasteiger partial charge in [-0.05, 0) is 67.9 Å². The van der Waals surface area contributed by atoms with Gasteiger partial charge in [0, 0.05) is 49.5 Å². The molecule has 0 bridgehead atoms. The average Bonchev–Trinajstić information content (AvgIpc) is 3.30. The van der Waals surface area contributed by atoms with Gasteiger partial charge in [0.15, 0.2) is 5.11 Å². The van der Waals surface area contributed by atoms with Crippen molar-refractivity contribution < 1.29 is 9.53 Å². The van der Waals surface area contributed by atoms with Gasteiger partial charge in [-0.25, -0.2) is 0 Å². The van der Waals surface area contributed by atoms with E-state index in [-0.39, 0.29) is 18.1 Å². The first kappa shape index (κ1) is 22.9. The molecule has 2 atom stereocenters. The lowest BCUT2D eigenvalue weighted by Gasteiger charge is -2.28. The second-order valence-electron chi connectivity index (χ2n) is 8.27. The minimum absolute atomic E-state index is 0.0288. The SMILES string of the molecule is COC(=O)CCCN1C(=S)N[C@H](c2ccccn2)[C@H]1c1cc(C)n(Cc2cccnc2)c1C. The van der Waals surface area contributed by atoms with Gasteiger partial charge in [0.25, 0.3) is 0 Å². The van der Waals surface area contributed by atoms with Crippen LogP contribution in [0.15, 0.2) is 55.0 Å². The van der Waals surface area contributed by atoms with E-state index in [4.69, 9.17) is 17.0 Å². The van der Waals surface area contributed by atoms with Crippen LogP contribution in [0.25, 0.3) is 0 Å². The number of pyridine rings is 2. The molecule has 3 aromatic rings. The standard InChI is InChI=1S/C25H29N5O2S/c1-17-14-20(18(2)30(17)16-19-8-6-11-26-15-19)24-23(21-9-4-5-12-27-21)28-25(33)29(24)13-7-10-22(31)32-3/h4-6,8-9,11-12,14-15,23-24H,7,10,13,16H2,1-3H3,(H,28,33)/t23-,24-/m1/s1. The minimum atomic E-state index is -0.208. The summed E-state index contributed by atoms with van der Waals surface area (Å²) in [6, 6.07) is 12.1. The number of aromatic nitrogens is 3. The van der Waals surface area contributed by atoms with Crippen LogP contribution in [0.4, 0.5) is 0 Å². The van der Waals surface area contributed by atoms with Crippen LogP contribution in [-0.2, 0) is 16.1 Å². The Kier molecular flexibility index (Phi) is 7.03. The third kappa shape index (κ3) is 4.90. The third-order valence-corrected chi connectivity index (χ3v) is 6.55. The highest BCUT2D eigenvalue weighted by Crippen LogP contribution is 2.41. The maximum atomic E-state index is 11.7. The summed E-state index contributed by atoms with van der Waals surface area (Å²) in [5.74, 6) is -0.208. The molecule has 1 aliphatic rings. The van der Waals surface area contributed by atoms with Crippen molar-refractivity contribution in [3.63, 3.8) is 0 Å². The number of carbonyl (C=O) groups is 1.